The minimum Gasteiger partial charge on any atom is -0.454 e. The summed E-state index contributed by atoms with van der Waals surface area (Å²) >= 11 is 0. The van der Waals surface area contributed by atoms with Gasteiger partial charge in [-0.1, -0.05) is 18.2 Å². The molecular weight excluding hydrogens is 366 g/mol. The predicted molar refractivity (Wildman–Crippen MR) is 104 cm³/mol. The van der Waals surface area contributed by atoms with E-state index in [1.807, 2.05) is 30.3 Å². The first-order chi connectivity index (χ1) is 12.9. The van der Waals surface area contributed by atoms with Crippen molar-refractivity contribution >= 4 is 15.8 Å². The number of guanidine groups is 1. The van der Waals surface area contributed by atoms with Crippen molar-refractivity contribution in [1.82, 2.24) is 10.6 Å². The van der Waals surface area contributed by atoms with E-state index < -0.39 is 9.84 Å². The van der Waals surface area contributed by atoms with Gasteiger partial charge in [-0.15, -0.1) is 0 Å². The fourth-order valence-corrected chi connectivity index (χ4v) is 3.84. The minimum atomic E-state index is -3.21. The van der Waals surface area contributed by atoms with Crippen LogP contribution in [-0.4, -0.2) is 34.5 Å². The molecule has 1 heterocycles. The molecule has 2 aromatic carbocycles. The van der Waals surface area contributed by atoms with Gasteiger partial charge in [0.1, 0.15) is 0 Å². The molecule has 0 bridgehead atoms. The van der Waals surface area contributed by atoms with Crippen LogP contribution in [0.4, 0.5) is 0 Å². The average Bonchev–Trinajstić information content (AvgIpc) is 3.08. The third-order valence-electron chi connectivity index (χ3n) is 4.22. The van der Waals surface area contributed by atoms with Crippen molar-refractivity contribution in [3.8, 4) is 11.5 Å². The number of benzene rings is 2. The van der Waals surface area contributed by atoms with Crippen LogP contribution in [0.2, 0.25) is 0 Å². The molecule has 0 saturated heterocycles. The molecule has 2 aromatic rings. The topological polar surface area (TPSA) is 89.0 Å². The van der Waals surface area contributed by atoms with Gasteiger partial charge < -0.3 is 20.1 Å². The van der Waals surface area contributed by atoms with Gasteiger partial charge in [0.25, 0.3) is 0 Å². The van der Waals surface area contributed by atoms with Crippen molar-refractivity contribution in [1.29, 1.82) is 0 Å². The van der Waals surface area contributed by atoms with Gasteiger partial charge in [-0.05, 0) is 41.8 Å². The van der Waals surface area contributed by atoms with Gasteiger partial charge in [0, 0.05) is 26.4 Å². The summed E-state index contributed by atoms with van der Waals surface area (Å²) in [6.45, 7) is 3.17. The summed E-state index contributed by atoms with van der Waals surface area (Å²) in [5, 5.41) is 6.47. The molecule has 2 N–H and O–H groups in total. The van der Waals surface area contributed by atoms with E-state index in [-0.39, 0.29) is 6.79 Å². The zero-order valence-corrected chi connectivity index (χ0v) is 16.4. The fraction of sp³-hybridized carbons (Fsp3) is 0.316. The Bertz CT molecular complexity index is 971. The van der Waals surface area contributed by atoms with Crippen LogP contribution in [0.25, 0.3) is 0 Å². The zero-order chi connectivity index (χ0) is 19.4. The number of aryl methyl sites for hydroxylation is 1. The van der Waals surface area contributed by atoms with E-state index in [0.29, 0.717) is 23.9 Å². The molecule has 3 rings (SSSR count). The first-order valence-electron chi connectivity index (χ1n) is 8.49. The van der Waals surface area contributed by atoms with Crippen LogP contribution in [0.1, 0.15) is 16.7 Å². The Morgan fingerprint density at radius 3 is 2.30 bits per heavy atom. The first kappa shape index (κ1) is 19.0. The number of nitrogens with one attached hydrogen (secondary N) is 2. The lowest BCUT2D eigenvalue weighted by Gasteiger charge is -2.13. The summed E-state index contributed by atoms with van der Waals surface area (Å²) < 4.78 is 34.1. The SMILES string of the molecule is CN=C(NCc1ccc(S(C)(=O)=O)c(C)c1)NCc1ccc2c(c1)OCO2. The Balaban J connectivity index is 1.57. The molecule has 0 radical (unpaired) electrons. The van der Waals surface area contributed by atoms with Gasteiger partial charge in [-0.3, -0.25) is 4.99 Å². The highest BCUT2D eigenvalue weighted by molar-refractivity contribution is 7.90. The Labute approximate surface area is 159 Å². The van der Waals surface area contributed by atoms with Crippen LogP contribution in [0.3, 0.4) is 0 Å². The smallest absolute Gasteiger partial charge is 0.231 e. The molecule has 0 unspecified atom stereocenters. The van der Waals surface area contributed by atoms with Gasteiger partial charge in [-0.2, -0.15) is 0 Å². The maximum Gasteiger partial charge on any atom is 0.231 e. The third-order valence-corrected chi connectivity index (χ3v) is 5.48. The number of fused-ring (bicyclic) bond motifs is 1. The molecule has 0 aromatic heterocycles. The molecule has 0 aliphatic carbocycles. The molecule has 0 amide bonds. The Kier molecular flexibility index (Phi) is 5.55. The highest BCUT2D eigenvalue weighted by Crippen LogP contribution is 2.32. The Morgan fingerprint density at radius 2 is 1.67 bits per heavy atom. The second-order valence-corrected chi connectivity index (χ2v) is 8.32. The van der Waals surface area contributed by atoms with Crippen LogP contribution < -0.4 is 20.1 Å². The van der Waals surface area contributed by atoms with Gasteiger partial charge >= 0.3 is 0 Å². The molecule has 0 spiro atoms. The molecule has 144 valence electrons. The maximum absolute atomic E-state index is 11.7. The lowest BCUT2D eigenvalue weighted by Crippen LogP contribution is -2.36. The standard InChI is InChI=1S/C19H23N3O4S/c1-13-8-14(5-7-18(13)27(3,23)24)10-21-19(20-2)22-11-15-4-6-16-17(9-15)26-12-25-16/h4-9H,10-12H2,1-3H3,(H2,20,21,22). The highest BCUT2D eigenvalue weighted by Gasteiger charge is 2.13. The molecule has 0 atom stereocenters. The lowest BCUT2D eigenvalue weighted by molar-refractivity contribution is 0.174. The van der Waals surface area contributed by atoms with Crippen molar-refractivity contribution in [3.63, 3.8) is 0 Å². The average molecular weight is 389 g/mol. The number of rotatable bonds is 5. The van der Waals surface area contributed by atoms with Gasteiger partial charge in [-0.25, -0.2) is 8.42 Å². The predicted octanol–water partition coefficient (Wildman–Crippen LogP) is 1.99. The maximum atomic E-state index is 11.7. The third kappa shape index (κ3) is 4.71. The summed E-state index contributed by atoms with van der Waals surface area (Å²) in [4.78, 5) is 4.57. The van der Waals surface area contributed by atoms with Crippen molar-refractivity contribution in [3.05, 3.63) is 53.1 Å². The van der Waals surface area contributed by atoms with E-state index in [0.717, 1.165) is 28.2 Å². The quantitative estimate of drug-likeness (QED) is 0.601. The van der Waals surface area contributed by atoms with Crippen LogP contribution in [0.15, 0.2) is 46.3 Å². The number of hydrogen-bond donors (Lipinski definition) is 2. The molecule has 27 heavy (non-hydrogen) atoms. The second-order valence-electron chi connectivity index (χ2n) is 6.34. The van der Waals surface area contributed by atoms with E-state index in [2.05, 4.69) is 15.6 Å². The van der Waals surface area contributed by atoms with Gasteiger partial charge in [0.15, 0.2) is 27.3 Å². The van der Waals surface area contributed by atoms with Crippen molar-refractivity contribution < 1.29 is 17.9 Å². The lowest BCUT2D eigenvalue weighted by atomic mass is 10.1. The minimum absolute atomic E-state index is 0.257. The zero-order valence-electron chi connectivity index (χ0n) is 15.6. The molecule has 8 heteroatoms. The van der Waals surface area contributed by atoms with Crippen molar-refractivity contribution in [2.45, 2.75) is 24.9 Å². The molecular formula is C19H23N3O4S. The van der Waals surface area contributed by atoms with Crippen LogP contribution in [-0.2, 0) is 22.9 Å². The van der Waals surface area contributed by atoms with E-state index in [1.54, 1.807) is 20.0 Å². The highest BCUT2D eigenvalue weighted by atomic mass is 32.2. The monoisotopic (exact) mass is 389 g/mol. The largest absolute Gasteiger partial charge is 0.454 e. The number of aliphatic imine (C=N–C) groups is 1. The van der Waals surface area contributed by atoms with Crippen LogP contribution in [0.5, 0.6) is 11.5 Å². The van der Waals surface area contributed by atoms with Gasteiger partial charge in [0.2, 0.25) is 6.79 Å². The summed E-state index contributed by atoms with van der Waals surface area (Å²) in [6, 6.07) is 11.1. The molecule has 0 fully saturated rings. The van der Waals surface area contributed by atoms with E-state index >= 15 is 0 Å². The first-order valence-corrected chi connectivity index (χ1v) is 10.4. The fourth-order valence-electron chi connectivity index (χ4n) is 2.88. The van der Waals surface area contributed by atoms with E-state index in [1.165, 1.54) is 6.26 Å². The van der Waals surface area contributed by atoms with Crippen molar-refractivity contribution in [2.75, 3.05) is 20.1 Å². The summed E-state index contributed by atoms with van der Waals surface area (Å²) in [6.07, 6.45) is 1.22. The van der Waals surface area contributed by atoms with Crippen molar-refractivity contribution in [2.24, 2.45) is 4.99 Å². The van der Waals surface area contributed by atoms with E-state index in [4.69, 9.17) is 9.47 Å². The molecule has 1 aliphatic rings. The number of sulfone groups is 1. The normalized spacial score (nSPS) is 13.5. The molecule has 0 saturated carbocycles. The summed E-state index contributed by atoms with van der Waals surface area (Å²) in [7, 11) is -1.50. The Morgan fingerprint density at radius 1 is 1.04 bits per heavy atom. The number of hydrogen-bond acceptors (Lipinski definition) is 5. The van der Waals surface area contributed by atoms with Gasteiger partial charge in [0.05, 0.1) is 4.90 Å². The van der Waals surface area contributed by atoms with E-state index in [9.17, 15) is 8.42 Å². The van der Waals surface area contributed by atoms with Crippen LogP contribution >= 0.6 is 0 Å². The molecule has 1 aliphatic heterocycles. The number of ether oxygens (including phenoxy) is 2. The van der Waals surface area contributed by atoms with Crippen LogP contribution in [0, 0.1) is 6.92 Å². The number of nitrogens with zero attached hydrogens (tertiary/aromatic N) is 1. The Hall–Kier alpha value is -2.74. The second kappa shape index (κ2) is 7.87. The summed E-state index contributed by atoms with van der Waals surface area (Å²) in [5.74, 6) is 2.16. The molecule has 7 nitrogen and oxygen atoms in total. The summed E-state index contributed by atoms with van der Waals surface area (Å²) in [5.41, 5.74) is 2.77.